The first-order chi connectivity index (χ1) is 11.6. The molecular weight excluding hydrogens is 350 g/mol. The van der Waals surface area contributed by atoms with Gasteiger partial charge in [0.25, 0.3) is 5.91 Å². The molecule has 0 bridgehead atoms. The Morgan fingerprint density at radius 3 is 3.00 bits per heavy atom. The summed E-state index contributed by atoms with van der Waals surface area (Å²) in [5, 5.41) is 11.7. The summed E-state index contributed by atoms with van der Waals surface area (Å²) in [4.78, 5) is 25.9. The number of thiophene rings is 1. The van der Waals surface area contributed by atoms with Crippen LogP contribution in [-0.4, -0.2) is 31.2 Å². The third-order valence-electron chi connectivity index (χ3n) is 3.45. The van der Waals surface area contributed by atoms with Crippen LogP contribution in [0.2, 0.25) is 4.34 Å². The first-order valence-corrected chi connectivity index (χ1v) is 8.28. The molecule has 1 atom stereocenters. The normalized spacial score (nSPS) is 16.6. The van der Waals surface area contributed by atoms with Crippen molar-refractivity contribution in [2.75, 3.05) is 18.0 Å². The molecule has 0 spiro atoms. The Kier molecular flexibility index (Phi) is 4.69. The van der Waals surface area contributed by atoms with Crippen LogP contribution in [0.5, 0.6) is 0 Å². The van der Waals surface area contributed by atoms with E-state index in [2.05, 4.69) is 5.32 Å². The number of halogens is 1. The minimum absolute atomic E-state index is 0.203. The fourth-order valence-electron chi connectivity index (χ4n) is 2.31. The van der Waals surface area contributed by atoms with Crippen molar-refractivity contribution in [2.45, 2.75) is 6.10 Å². The Hall–Kier alpha value is -2.56. The van der Waals surface area contributed by atoms with Gasteiger partial charge in [0.05, 0.1) is 33.9 Å². The molecule has 2 amide bonds. The van der Waals surface area contributed by atoms with Crippen LogP contribution < -0.4 is 10.2 Å². The Bertz CT molecular complexity index is 830. The maximum atomic E-state index is 12.0. The molecule has 1 aromatic heterocycles. The predicted octanol–water partition coefficient (Wildman–Crippen LogP) is 3.03. The molecule has 1 aliphatic rings. The number of cyclic esters (lactones) is 1. The smallest absolute Gasteiger partial charge is 0.414 e. The van der Waals surface area contributed by atoms with Gasteiger partial charge in [0, 0.05) is 5.69 Å². The molecule has 0 saturated carbocycles. The second-order valence-electron chi connectivity index (χ2n) is 5.09. The number of amides is 2. The predicted molar refractivity (Wildman–Crippen MR) is 90.4 cm³/mol. The van der Waals surface area contributed by atoms with Gasteiger partial charge < -0.3 is 10.1 Å². The van der Waals surface area contributed by atoms with Crippen LogP contribution in [0.3, 0.4) is 0 Å². The maximum Gasteiger partial charge on any atom is 0.414 e. The fourth-order valence-corrected chi connectivity index (χ4v) is 3.27. The summed E-state index contributed by atoms with van der Waals surface area (Å²) in [6.07, 6.45) is -0.953. The van der Waals surface area contributed by atoms with Crippen LogP contribution in [0.15, 0.2) is 36.4 Å². The average Bonchev–Trinajstić information content (AvgIpc) is 3.18. The van der Waals surface area contributed by atoms with Gasteiger partial charge in [0.15, 0.2) is 0 Å². The summed E-state index contributed by atoms with van der Waals surface area (Å²) < 4.78 is 5.80. The van der Waals surface area contributed by atoms with Gasteiger partial charge in [-0.05, 0) is 30.3 Å². The minimum atomic E-state index is -0.497. The van der Waals surface area contributed by atoms with E-state index in [4.69, 9.17) is 21.6 Å². The first-order valence-electron chi connectivity index (χ1n) is 7.08. The number of carbonyl (C=O) groups is 2. The van der Waals surface area contributed by atoms with E-state index in [1.807, 2.05) is 6.07 Å². The maximum absolute atomic E-state index is 12.0. The number of nitriles is 1. The Morgan fingerprint density at radius 2 is 2.29 bits per heavy atom. The fraction of sp³-hybridized carbons (Fsp3) is 0.188. The van der Waals surface area contributed by atoms with Crippen molar-refractivity contribution >= 4 is 40.6 Å². The molecule has 0 radical (unpaired) electrons. The second kappa shape index (κ2) is 6.91. The van der Waals surface area contributed by atoms with Crippen LogP contribution in [0.25, 0.3) is 0 Å². The molecule has 1 N–H and O–H groups in total. The quantitative estimate of drug-likeness (QED) is 0.907. The van der Waals surface area contributed by atoms with E-state index in [1.165, 1.54) is 16.2 Å². The first kappa shape index (κ1) is 16.3. The number of nitrogens with zero attached hydrogens (tertiary/aromatic N) is 2. The molecule has 1 aliphatic heterocycles. The molecule has 3 rings (SSSR count). The summed E-state index contributed by atoms with van der Waals surface area (Å²) in [7, 11) is 0. The molecule has 2 heterocycles. The van der Waals surface area contributed by atoms with Crippen molar-refractivity contribution in [3.05, 3.63) is 51.2 Å². The zero-order chi connectivity index (χ0) is 17.1. The van der Waals surface area contributed by atoms with Crippen molar-refractivity contribution in [1.82, 2.24) is 5.32 Å². The summed E-state index contributed by atoms with van der Waals surface area (Å²) in [5.74, 6) is -0.257. The third-order valence-corrected chi connectivity index (χ3v) is 4.68. The molecule has 8 heteroatoms. The lowest BCUT2D eigenvalue weighted by Crippen LogP contribution is -2.34. The Morgan fingerprint density at radius 1 is 1.46 bits per heavy atom. The topological polar surface area (TPSA) is 82.4 Å². The van der Waals surface area contributed by atoms with E-state index in [1.54, 1.807) is 36.4 Å². The third kappa shape index (κ3) is 3.50. The van der Waals surface area contributed by atoms with Crippen LogP contribution in [-0.2, 0) is 4.74 Å². The average molecular weight is 362 g/mol. The number of ether oxygens (including phenoxy) is 1. The van der Waals surface area contributed by atoms with E-state index in [0.717, 1.165) is 0 Å². The molecule has 1 aromatic carbocycles. The largest absolute Gasteiger partial charge is 0.442 e. The zero-order valence-electron chi connectivity index (χ0n) is 12.4. The van der Waals surface area contributed by atoms with Gasteiger partial charge in [0.2, 0.25) is 0 Å². The standard InChI is InChI=1S/C16H12ClN3O3S/c17-14-5-4-13(24-14)15(21)19-8-12-9-20(16(22)23-12)11-3-1-2-10(6-11)7-18/h1-6,12H,8-9H2,(H,19,21)/t12-/m0/s1. The van der Waals surface area contributed by atoms with Crippen molar-refractivity contribution in [3.8, 4) is 6.07 Å². The van der Waals surface area contributed by atoms with Crippen LogP contribution in [0.4, 0.5) is 10.5 Å². The lowest BCUT2D eigenvalue weighted by atomic mass is 10.2. The van der Waals surface area contributed by atoms with Gasteiger partial charge in [-0.25, -0.2) is 4.79 Å². The van der Waals surface area contributed by atoms with E-state index in [9.17, 15) is 9.59 Å². The second-order valence-corrected chi connectivity index (χ2v) is 6.81. The molecule has 1 fully saturated rings. The highest BCUT2D eigenvalue weighted by atomic mass is 35.5. The highest BCUT2D eigenvalue weighted by molar-refractivity contribution is 7.17. The lowest BCUT2D eigenvalue weighted by molar-refractivity contribution is 0.0920. The van der Waals surface area contributed by atoms with Gasteiger partial charge in [-0.3, -0.25) is 9.69 Å². The molecule has 122 valence electrons. The number of benzene rings is 1. The number of carbonyl (C=O) groups excluding carboxylic acids is 2. The molecular formula is C16H12ClN3O3S. The van der Waals surface area contributed by atoms with Crippen molar-refractivity contribution in [3.63, 3.8) is 0 Å². The van der Waals surface area contributed by atoms with E-state index >= 15 is 0 Å². The van der Waals surface area contributed by atoms with Crippen LogP contribution in [0.1, 0.15) is 15.2 Å². The number of nitrogens with one attached hydrogen (secondary N) is 1. The van der Waals surface area contributed by atoms with Crippen LogP contribution >= 0.6 is 22.9 Å². The summed E-state index contributed by atoms with van der Waals surface area (Å²) in [6, 6.07) is 12.0. The Balaban J connectivity index is 1.60. The lowest BCUT2D eigenvalue weighted by Gasteiger charge is -2.13. The molecule has 6 nitrogen and oxygen atoms in total. The summed E-state index contributed by atoms with van der Waals surface area (Å²) >= 11 is 6.99. The number of hydrogen-bond acceptors (Lipinski definition) is 5. The van der Waals surface area contributed by atoms with Gasteiger partial charge in [0.1, 0.15) is 6.10 Å². The number of anilines is 1. The molecule has 0 unspecified atom stereocenters. The van der Waals surface area contributed by atoms with E-state index in [0.29, 0.717) is 27.0 Å². The van der Waals surface area contributed by atoms with E-state index < -0.39 is 12.2 Å². The highest BCUT2D eigenvalue weighted by Crippen LogP contribution is 2.23. The molecule has 0 aliphatic carbocycles. The van der Waals surface area contributed by atoms with Crippen molar-refractivity contribution in [1.29, 1.82) is 5.26 Å². The van der Waals surface area contributed by atoms with Gasteiger partial charge in [-0.1, -0.05) is 17.7 Å². The Labute approximate surface area is 147 Å². The minimum Gasteiger partial charge on any atom is -0.442 e. The van der Waals surface area contributed by atoms with Crippen molar-refractivity contribution in [2.24, 2.45) is 0 Å². The number of hydrogen-bond donors (Lipinski definition) is 1. The van der Waals surface area contributed by atoms with E-state index in [-0.39, 0.29) is 12.5 Å². The molecule has 2 aromatic rings. The molecule has 24 heavy (non-hydrogen) atoms. The summed E-state index contributed by atoms with van der Waals surface area (Å²) in [6.45, 7) is 0.508. The highest BCUT2D eigenvalue weighted by Gasteiger charge is 2.32. The van der Waals surface area contributed by atoms with Gasteiger partial charge >= 0.3 is 6.09 Å². The zero-order valence-corrected chi connectivity index (χ0v) is 13.9. The monoisotopic (exact) mass is 361 g/mol. The molecule has 1 saturated heterocycles. The van der Waals surface area contributed by atoms with Crippen molar-refractivity contribution < 1.29 is 14.3 Å². The van der Waals surface area contributed by atoms with Gasteiger partial charge in [-0.2, -0.15) is 5.26 Å². The van der Waals surface area contributed by atoms with Crippen LogP contribution in [0, 0.1) is 11.3 Å². The number of rotatable bonds is 4. The summed E-state index contributed by atoms with van der Waals surface area (Å²) in [5.41, 5.74) is 1.06. The SMILES string of the molecule is N#Cc1cccc(N2C[C@H](CNC(=O)c3ccc(Cl)s3)OC2=O)c1. The van der Waals surface area contributed by atoms with Gasteiger partial charge in [-0.15, -0.1) is 11.3 Å².